The van der Waals surface area contributed by atoms with E-state index in [0.29, 0.717) is 11.7 Å². The van der Waals surface area contributed by atoms with Crippen LogP contribution in [0.1, 0.15) is 56.3 Å². The van der Waals surface area contributed by atoms with Crippen molar-refractivity contribution in [2.75, 3.05) is 25.0 Å². The fourth-order valence-corrected chi connectivity index (χ4v) is 4.60. The fourth-order valence-electron chi connectivity index (χ4n) is 4.60. The van der Waals surface area contributed by atoms with Crippen LogP contribution in [0.3, 0.4) is 0 Å². The van der Waals surface area contributed by atoms with Crippen molar-refractivity contribution in [2.24, 2.45) is 5.92 Å². The van der Waals surface area contributed by atoms with Crippen molar-refractivity contribution in [1.29, 1.82) is 0 Å². The molecule has 35 heavy (non-hydrogen) atoms. The maximum atomic E-state index is 14.2. The first-order chi connectivity index (χ1) is 17.0. The zero-order chi connectivity index (χ0) is 24.6. The molecule has 0 saturated carbocycles. The van der Waals surface area contributed by atoms with Gasteiger partial charge in [-0.3, -0.25) is 4.79 Å². The maximum Gasteiger partial charge on any atom is 0.226 e. The Kier molecular flexibility index (Phi) is 8.54. The third-order valence-electron chi connectivity index (χ3n) is 6.72. The van der Waals surface area contributed by atoms with Crippen LogP contribution in [-0.4, -0.2) is 30.4 Å². The van der Waals surface area contributed by atoms with Gasteiger partial charge in [0.2, 0.25) is 5.91 Å². The van der Waals surface area contributed by atoms with Gasteiger partial charge >= 0.3 is 0 Å². The first-order valence-electron chi connectivity index (χ1n) is 12.6. The van der Waals surface area contributed by atoms with Crippen LogP contribution in [0.5, 0.6) is 5.75 Å². The molecule has 184 valence electrons. The Morgan fingerprint density at radius 3 is 2.43 bits per heavy atom. The lowest BCUT2D eigenvalue weighted by atomic mass is 9.89. The number of likely N-dealkylation sites (tertiary alicyclic amines) is 1. The summed E-state index contributed by atoms with van der Waals surface area (Å²) in [6, 6.07) is 24.9. The Morgan fingerprint density at radius 2 is 1.71 bits per heavy atom. The Morgan fingerprint density at radius 1 is 1.00 bits per heavy atom. The molecular weight excluding hydrogens is 439 g/mol. The van der Waals surface area contributed by atoms with E-state index in [1.54, 1.807) is 18.2 Å². The monoisotopic (exact) mass is 474 g/mol. The molecule has 0 spiro atoms. The molecule has 1 N–H and O–H groups in total. The van der Waals surface area contributed by atoms with Crippen LogP contribution in [0.4, 0.5) is 10.1 Å². The molecule has 1 amide bonds. The smallest absolute Gasteiger partial charge is 0.226 e. The molecule has 1 aliphatic rings. The highest BCUT2D eigenvalue weighted by molar-refractivity contribution is 5.92. The van der Waals surface area contributed by atoms with Crippen LogP contribution in [0.2, 0.25) is 0 Å². The van der Waals surface area contributed by atoms with Gasteiger partial charge in [-0.1, -0.05) is 68.4 Å². The average Bonchev–Trinajstić information content (AvgIpc) is 2.88. The molecule has 3 aromatic carbocycles. The van der Waals surface area contributed by atoms with Crippen LogP contribution in [0.25, 0.3) is 0 Å². The van der Waals surface area contributed by atoms with Gasteiger partial charge in [0, 0.05) is 24.6 Å². The molecule has 0 radical (unpaired) electrons. The minimum Gasteiger partial charge on any atom is -0.483 e. The van der Waals surface area contributed by atoms with Gasteiger partial charge < -0.3 is 15.0 Å². The highest BCUT2D eigenvalue weighted by atomic mass is 19.1. The van der Waals surface area contributed by atoms with Crippen molar-refractivity contribution in [3.05, 3.63) is 95.8 Å². The van der Waals surface area contributed by atoms with Crippen molar-refractivity contribution in [2.45, 2.75) is 45.1 Å². The quantitative estimate of drug-likeness (QED) is 0.370. The zero-order valence-electron chi connectivity index (χ0n) is 20.6. The Labute approximate surface area is 208 Å². The first kappa shape index (κ1) is 24.9. The SMILES string of the molecule is CC(C)C(=O)Nc1cccc(C2CCN(CC[C@H](Oc3ccccc3F)c3ccccc3)CC2)c1. The average molecular weight is 475 g/mol. The molecule has 1 heterocycles. The predicted octanol–water partition coefficient (Wildman–Crippen LogP) is 6.81. The number of nitrogens with one attached hydrogen (secondary N) is 1. The second-order valence-corrected chi connectivity index (χ2v) is 9.62. The van der Waals surface area contributed by atoms with Gasteiger partial charge in [-0.05, 0) is 67.2 Å². The number of halogens is 1. The molecule has 4 rings (SSSR count). The molecule has 5 heteroatoms. The number of ether oxygens (including phenoxy) is 1. The molecule has 0 aromatic heterocycles. The third kappa shape index (κ3) is 6.92. The van der Waals surface area contributed by atoms with Gasteiger partial charge in [-0.2, -0.15) is 0 Å². The number of carbonyl (C=O) groups is 1. The molecule has 0 bridgehead atoms. The fraction of sp³-hybridized carbons (Fsp3) is 0.367. The summed E-state index contributed by atoms with van der Waals surface area (Å²) in [6.07, 6.45) is 2.74. The topological polar surface area (TPSA) is 41.6 Å². The number of nitrogens with zero attached hydrogens (tertiary/aromatic N) is 1. The number of rotatable bonds is 9. The van der Waals surface area contributed by atoms with E-state index in [0.717, 1.165) is 50.1 Å². The maximum absolute atomic E-state index is 14.2. The van der Waals surface area contributed by atoms with Crippen LogP contribution >= 0.6 is 0 Å². The van der Waals surface area contributed by atoms with Crippen molar-refractivity contribution in [3.8, 4) is 5.75 Å². The minimum absolute atomic E-state index is 0.0380. The summed E-state index contributed by atoms with van der Waals surface area (Å²) in [5.74, 6) is 0.457. The zero-order valence-corrected chi connectivity index (χ0v) is 20.6. The van der Waals surface area contributed by atoms with E-state index in [1.165, 1.54) is 11.6 Å². The summed E-state index contributed by atoms with van der Waals surface area (Å²) in [7, 11) is 0. The van der Waals surface area contributed by atoms with Gasteiger partial charge in [-0.15, -0.1) is 0 Å². The van der Waals surface area contributed by atoms with E-state index < -0.39 is 0 Å². The summed E-state index contributed by atoms with van der Waals surface area (Å²) in [4.78, 5) is 14.5. The number of amides is 1. The summed E-state index contributed by atoms with van der Waals surface area (Å²) in [6.45, 7) is 6.71. The van der Waals surface area contributed by atoms with E-state index in [2.05, 4.69) is 22.3 Å². The van der Waals surface area contributed by atoms with Crippen molar-refractivity contribution in [1.82, 2.24) is 4.90 Å². The second-order valence-electron chi connectivity index (χ2n) is 9.62. The molecular formula is C30H35FN2O2. The van der Waals surface area contributed by atoms with Gasteiger partial charge in [0.05, 0.1) is 0 Å². The molecule has 1 fully saturated rings. The first-order valence-corrected chi connectivity index (χ1v) is 12.6. The molecule has 3 aromatic rings. The van der Waals surface area contributed by atoms with E-state index >= 15 is 0 Å². The largest absolute Gasteiger partial charge is 0.483 e. The lowest BCUT2D eigenvalue weighted by Crippen LogP contribution is -2.34. The molecule has 0 unspecified atom stereocenters. The Hall–Kier alpha value is -3.18. The predicted molar refractivity (Wildman–Crippen MR) is 139 cm³/mol. The molecule has 0 aliphatic carbocycles. The van der Waals surface area contributed by atoms with Gasteiger partial charge in [0.1, 0.15) is 6.10 Å². The lowest BCUT2D eigenvalue weighted by molar-refractivity contribution is -0.118. The standard InChI is InChI=1S/C30H35FN2O2/c1-22(2)30(34)32-26-12-8-11-25(21-26)23-15-18-33(19-16-23)20-17-28(24-9-4-3-5-10-24)35-29-14-7-6-13-27(29)31/h3-14,21-23,28H,15-20H2,1-2H3,(H,32,34)/t28-/m0/s1. The van der Waals surface area contributed by atoms with Gasteiger partial charge in [0.15, 0.2) is 11.6 Å². The van der Waals surface area contributed by atoms with E-state index in [1.807, 2.05) is 56.3 Å². The third-order valence-corrected chi connectivity index (χ3v) is 6.72. The lowest BCUT2D eigenvalue weighted by Gasteiger charge is -2.33. The second kappa shape index (κ2) is 12.0. The van der Waals surface area contributed by atoms with Crippen molar-refractivity contribution < 1.29 is 13.9 Å². The van der Waals surface area contributed by atoms with E-state index in [4.69, 9.17) is 4.74 Å². The van der Waals surface area contributed by atoms with E-state index in [9.17, 15) is 9.18 Å². The number of piperidine rings is 1. The number of hydrogen-bond acceptors (Lipinski definition) is 3. The molecule has 1 atom stereocenters. The molecule has 4 nitrogen and oxygen atoms in total. The number of benzene rings is 3. The van der Waals surface area contributed by atoms with Crippen LogP contribution < -0.4 is 10.1 Å². The number of carbonyl (C=O) groups excluding carboxylic acids is 1. The summed E-state index contributed by atoms with van der Waals surface area (Å²) >= 11 is 0. The van der Waals surface area contributed by atoms with Gasteiger partial charge in [-0.25, -0.2) is 4.39 Å². The summed E-state index contributed by atoms with van der Waals surface area (Å²) < 4.78 is 20.4. The Balaban J connectivity index is 1.34. The minimum atomic E-state index is -0.332. The highest BCUT2D eigenvalue weighted by Gasteiger charge is 2.23. The summed E-state index contributed by atoms with van der Waals surface area (Å²) in [5.41, 5.74) is 3.22. The molecule has 1 saturated heterocycles. The van der Waals surface area contributed by atoms with Crippen LogP contribution in [-0.2, 0) is 4.79 Å². The number of hydrogen-bond donors (Lipinski definition) is 1. The number of para-hydroxylation sites is 1. The van der Waals surface area contributed by atoms with Crippen LogP contribution in [0, 0.1) is 11.7 Å². The molecule has 1 aliphatic heterocycles. The highest BCUT2D eigenvalue weighted by Crippen LogP contribution is 2.31. The normalized spacial score (nSPS) is 15.7. The summed E-state index contributed by atoms with van der Waals surface area (Å²) in [5, 5.41) is 3.01. The Bertz CT molecular complexity index is 1090. The van der Waals surface area contributed by atoms with Crippen LogP contribution in [0.15, 0.2) is 78.9 Å². The van der Waals surface area contributed by atoms with Crippen molar-refractivity contribution >= 4 is 11.6 Å². The van der Waals surface area contributed by atoms with Crippen molar-refractivity contribution in [3.63, 3.8) is 0 Å². The van der Waals surface area contributed by atoms with E-state index in [-0.39, 0.29) is 23.7 Å². The van der Waals surface area contributed by atoms with Gasteiger partial charge in [0.25, 0.3) is 0 Å². The number of anilines is 1.